The van der Waals surface area contributed by atoms with E-state index >= 15 is 0 Å². The summed E-state index contributed by atoms with van der Waals surface area (Å²) in [5.74, 6) is 6.55. The van der Waals surface area contributed by atoms with Gasteiger partial charge in [-0.05, 0) is 86.9 Å². The maximum absolute atomic E-state index is 8.97. The Morgan fingerprint density at radius 1 is 0.632 bits per heavy atom. The summed E-state index contributed by atoms with van der Waals surface area (Å²) in [6, 6.07) is 0. The SMILES string of the molecule is OCC[C@@H]1C[C@H]1C1CCN(c2ncc(Cl)cn2)CC1.OCC[C@H]1C[C@@H]1C1CCN(c2ncc(Cl)cn2)CC1. The van der Waals surface area contributed by atoms with Gasteiger partial charge in [-0.1, -0.05) is 23.2 Å². The highest BCUT2D eigenvalue weighted by atomic mass is 35.5. The first-order valence-electron chi connectivity index (χ1n) is 14.2. The summed E-state index contributed by atoms with van der Waals surface area (Å²) in [6.45, 7) is 4.84. The van der Waals surface area contributed by atoms with Gasteiger partial charge in [0.1, 0.15) is 0 Å². The molecule has 0 radical (unpaired) electrons. The Morgan fingerprint density at radius 3 is 1.29 bits per heavy atom. The van der Waals surface area contributed by atoms with Crippen LogP contribution in [0, 0.1) is 35.5 Å². The number of hydrogen-bond donors (Lipinski definition) is 2. The molecule has 4 atom stereocenters. The molecule has 2 aliphatic heterocycles. The summed E-state index contributed by atoms with van der Waals surface area (Å²) in [5.41, 5.74) is 0. The second-order valence-electron chi connectivity index (χ2n) is 11.4. The third-order valence-corrected chi connectivity index (χ3v) is 9.41. The van der Waals surface area contributed by atoms with Gasteiger partial charge in [0, 0.05) is 39.4 Å². The smallest absolute Gasteiger partial charge is 0.225 e. The lowest BCUT2D eigenvalue weighted by Gasteiger charge is -2.32. The number of aromatic nitrogens is 4. The van der Waals surface area contributed by atoms with Crippen molar-refractivity contribution in [2.75, 3.05) is 49.2 Å². The zero-order valence-corrected chi connectivity index (χ0v) is 23.5. The van der Waals surface area contributed by atoms with Gasteiger partial charge < -0.3 is 20.0 Å². The molecule has 2 aromatic rings. The van der Waals surface area contributed by atoms with E-state index in [4.69, 9.17) is 33.4 Å². The zero-order chi connectivity index (χ0) is 26.5. The molecule has 4 aliphatic rings. The molecule has 6 rings (SSSR count). The first kappa shape index (κ1) is 27.8. The highest BCUT2D eigenvalue weighted by molar-refractivity contribution is 6.30. The fourth-order valence-electron chi connectivity index (χ4n) is 6.68. The Bertz CT molecular complexity index is 916. The molecule has 8 nitrogen and oxygen atoms in total. The topological polar surface area (TPSA) is 98.5 Å². The molecular weight excluding hydrogens is 523 g/mol. The lowest BCUT2D eigenvalue weighted by atomic mass is 9.90. The molecule has 0 amide bonds. The third-order valence-electron chi connectivity index (χ3n) is 9.02. The predicted molar refractivity (Wildman–Crippen MR) is 151 cm³/mol. The van der Waals surface area contributed by atoms with Crippen molar-refractivity contribution in [3.8, 4) is 0 Å². The van der Waals surface area contributed by atoms with Crippen molar-refractivity contribution >= 4 is 35.1 Å². The average Bonchev–Trinajstić information content (AvgIpc) is 3.88. The van der Waals surface area contributed by atoms with Crippen molar-refractivity contribution < 1.29 is 10.2 Å². The van der Waals surface area contributed by atoms with Crippen LogP contribution in [0.4, 0.5) is 11.9 Å². The summed E-state index contributed by atoms with van der Waals surface area (Å²) < 4.78 is 0. The predicted octanol–water partition coefficient (Wildman–Crippen LogP) is 4.73. The normalized spacial score (nSPS) is 27.6. The minimum absolute atomic E-state index is 0.346. The van der Waals surface area contributed by atoms with Gasteiger partial charge >= 0.3 is 0 Å². The first-order valence-corrected chi connectivity index (χ1v) is 15.0. The standard InChI is InChI=1S/2C14H20ClN3O/c2*15-12-8-16-14(17-9-12)18-4-1-10(2-5-18)13-7-11(13)3-6-19/h2*8-11,13,19H,1-7H2/t2*11-,13+/m10/s1. The van der Waals surface area contributed by atoms with Gasteiger partial charge in [-0.3, -0.25) is 0 Å². The lowest BCUT2D eigenvalue weighted by Crippen LogP contribution is -2.35. The third kappa shape index (κ3) is 7.26. The van der Waals surface area contributed by atoms with Gasteiger partial charge in [-0.2, -0.15) is 0 Å². The summed E-state index contributed by atoms with van der Waals surface area (Å²) >= 11 is 11.6. The lowest BCUT2D eigenvalue weighted by molar-refractivity contribution is 0.265. The molecule has 2 N–H and O–H groups in total. The number of halogens is 2. The van der Waals surface area contributed by atoms with Crippen LogP contribution in [0.15, 0.2) is 24.8 Å². The molecule has 2 aliphatic carbocycles. The van der Waals surface area contributed by atoms with E-state index in [-0.39, 0.29) is 0 Å². The fraction of sp³-hybridized carbons (Fsp3) is 0.714. The molecule has 0 aromatic carbocycles. The van der Waals surface area contributed by atoms with Crippen LogP contribution in [0.2, 0.25) is 10.0 Å². The van der Waals surface area contributed by atoms with Crippen LogP contribution in [-0.2, 0) is 0 Å². The minimum atomic E-state index is 0.346. The molecule has 2 saturated carbocycles. The quantitative estimate of drug-likeness (QED) is 0.476. The molecular formula is C28H40Cl2N6O2. The van der Waals surface area contributed by atoms with E-state index in [9.17, 15) is 0 Å². The van der Waals surface area contributed by atoms with E-state index in [1.54, 1.807) is 24.8 Å². The molecule has 38 heavy (non-hydrogen) atoms. The second kappa shape index (κ2) is 13.1. The van der Waals surface area contributed by atoms with E-state index in [1.165, 1.54) is 38.5 Å². The van der Waals surface area contributed by atoms with E-state index < -0.39 is 0 Å². The number of nitrogens with zero attached hydrogens (tertiary/aromatic N) is 6. The summed E-state index contributed by atoms with van der Waals surface area (Å²) in [4.78, 5) is 21.6. The largest absolute Gasteiger partial charge is 0.396 e. The highest BCUT2D eigenvalue weighted by Gasteiger charge is 2.43. The van der Waals surface area contributed by atoms with E-state index in [0.717, 1.165) is 86.4 Å². The number of aliphatic hydroxyl groups is 2. The van der Waals surface area contributed by atoms with Crippen molar-refractivity contribution in [2.45, 2.75) is 51.4 Å². The van der Waals surface area contributed by atoms with Crippen LogP contribution in [-0.4, -0.2) is 69.5 Å². The van der Waals surface area contributed by atoms with Crippen LogP contribution < -0.4 is 9.80 Å². The number of anilines is 2. The van der Waals surface area contributed by atoms with Gasteiger partial charge in [-0.15, -0.1) is 0 Å². The van der Waals surface area contributed by atoms with Crippen molar-refractivity contribution in [1.29, 1.82) is 0 Å². The van der Waals surface area contributed by atoms with Crippen molar-refractivity contribution in [2.24, 2.45) is 35.5 Å². The van der Waals surface area contributed by atoms with Crippen LogP contribution in [0.1, 0.15) is 51.4 Å². The average molecular weight is 564 g/mol. The Labute approximate surface area is 235 Å². The maximum atomic E-state index is 8.97. The van der Waals surface area contributed by atoms with E-state index in [0.29, 0.717) is 23.3 Å². The van der Waals surface area contributed by atoms with Crippen LogP contribution >= 0.6 is 23.2 Å². The Balaban J connectivity index is 0.000000155. The van der Waals surface area contributed by atoms with Crippen LogP contribution in [0.3, 0.4) is 0 Å². The summed E-state index contributed by atoms with van der Waals surface area (Å²) in [6.07, 6.45) is 16.2. The van der Waals surface area contributed by atoms with Gasteiger partial charge in [0.2, 0.25) is 11.9 Å². The van der Waals surface area contributed by atoms with Gasteiger partial charge in [0.25, 0.3) is 0 Å². The number of rotatable bonds is 8. The molecule has 0 unspecified atom stereocenters. The first-order chi connectivity index (χ1) is 18.6. The van der Waals surface area contributed by atoms with Crippen LogP contribution in [0.5, 0.6) is 0 Å². The minimum Gasteiger partial charge on any atom is -0.396 e. The molecule has 10 heteroatoms. The molecule has 0 bridgehead atoms. The zero-order valence-electron chi connectivity index (χ0n) is 22.0. The van der Waals surface area contributed by atoms with E-state index in [2.05, 4.69) is 29.7 Å². The molecule has 208 valence electrons. The van der Waals surface area contributed by atoms with Gasteiger partial charge in [-0.25, -0.2) is 19.9 Å². The maximum Gasteiger partial charge on any atom is 0.225 e. The number of piperidine rings is 2. The van der Waals surface area contributed by atoms with E-state index in [1.807, 2.05) is 0 Å². The number of hydrogen-bond acceptors (Lipinski definition) is 8. The second-order valence-corrected chi connectivity index (χ2v) is 12.3. The highest BCUT2D eigenvalue weighted by Crippen LogP contribution is 2.50. The summed E-state index contributed by atoms with van der Waals surface area (Å²) in [5, 5.41) is 19.1. The molecule has 2 aromatic heterocycles. The number of aliphatic hydroxyl groups excluding tert-OH is 2. The molecule has 2 saturated heterocycles. The van der Waals surface area contributed by atoms with Crippen molar-refractivity contribution in [1.82, 2.24) is 19.9 Å². The van der Waals surface area contributed by atoms with Gasteiger partial charge in [0.15, 0.2) is 0 Å². The molecule has 0 spiro atoms. The van der Waals surface area contributed by atoms with Crippen molar-refractivity contribution in [3.05, 3.63) is 34.8 Å². The molecule has 4 fully saturated rings. The van der Waals surface area contributed by atoms with Crippen molar-refractivity contribution in [3.63, 3.8) is 0 Å². The monoisotopic (exact) mass is 562 g/mol. The summed E-state index contributed by atoms with van der Waals surface area (Å²) in [7, 11) is 0. The Hall–Kier alpha value is -1.74. The fourth-order valence-corrected chi connectivity index (χ4v) is 6.88. The molecule has 4 heterocycles. The van der Waals surface area contributed by atoms with Gasteiger partial charge in [0.05, 0.1) is 34.8 Å². The Morgan fingerprint density at radius 2 is 0.974 bits per heavy atom. The van der Waals surface area contributed by atoms with Crippen LogP contribution in [0.25, 0.3) is 0 Å². The Kier molecular flexibility index (Phi) is 9.57.